The van der Waals surface area contributed by atoms with Gasteiger partial charge in [0, 0.05) is 24.3 Å². The predicted octanol–water partition coefficient (Wildman–Crippen LogP) is 2.33. The van der Waals surface area contributed by atoms with Crippen molar-refractivity contribution in [3.05, 3.63) is 21.6 Å². The molecule has 0 aliphatic heterocycles. The molecular weight excluding hydrogens is 316 g/mol. The van der Waals surface area contributed by atoms with E-state index in [0.29, 0.717) is 21.7 Å². The first-order chi connectivity index (χ1) is 7.30. The number of benzene rings is 1. The van der Waals surface area contributed by atoms with Gasteiger partial charge in [-0.1, -0.05) is 18.5 Å². The zero-order chi connectivity index (χ0) is 12.5. The van der Waals surface area contributed by atoms with E-state index >= 15 is 0 Å². The lowest BCUT2D eigenvalue weighted by Gasteiger charge is -2.16. The molecule has 0 aliphatic rings. The zero-order valence-corrected chi connectivity index (χ0v) is 12.0. The monoisotopic (exact) mass is 326 g/mol. The van der Waals surface area contributed by atoms with Crippen LogP contribution in [0.2, 0.25) is 5.02 Å². The van der Waals surface area contributed by atoms with E-state index in [1.54, 1.807) is 6.92 Å². The summed E-state index contributed by atoms with van der Waals surface area (Å²) in [5, 5.41) is 0.295. The first-order valence-corrected chi connectivity index (χ1v) is 7.12. The van der Waals surface area contributed by atoms with Gasteiger partial charge in [0.1, 0.15) is 0 Å². The van der Waals surface area contributed by atoms with Gasteiger partial charge in [-0.15, -0.1) is 0 Å². The van der Waals surface area contributed by atoms with Crippen molar-refractivity contribution in [1.29, 1.82) is 0 Å². The van der Waals surface area contributed by atoms with Gasteiger partial charge in [0.15, 0.2) is 0 Å². The molecule has 0 saturated heterocycles. The SMILES string of the molecule is CCN(C)S(=O)(=O)c1cc(Cl)cc(N)c1Br. The van der Waals surface area contributed by atoms with Gasteiger partial charge in [-0.05, 0) is 28.1 Å². The van der Waals surface area contributed by atoms with Gasteiger partial charge in [0.05, 0.1) is 9.37 Å². The van der Waals surface area contributed by atoms with Gasteiger partial charge in [-0.3, -0.25) is 0 Å². The summed E-state index contributed by atoms with van der Waals surface area (Å²) >= 11 is 8.95. The van der Waals surface area contributed by atoms with E-state index in [9.17, 15) is 8.42 Å². The van der Waals surface area contributed by atoms with Crippen molar-refractivity contribution in [2.45, 2.75) is 11.8 Å². The van der Waals surface area contributed by atoms with Crippen molar-refractivity contribution in [1.82, 2.24) is 4.31 Å². The molecule has 0 amide bonds. The maximum Gasteiger partial charge on any atom is 0.244 e. The number of rotatable bonds is 3. The fraction of sp³-hybridized carbons (Fsp3) is 0.333. The van der Waals surface area contributed by atoms with E-state index in [-0.39, 0.29) is 4.90 Å². The zero-order valence-electron chi connectivity index (χ0n) is 8.87. The Morgan fingerprint density at radius 1 is 1.50 bits per heavy atom. The van der Waals surface area contributed by atoms with Crippen LogP contribution in [0.1, 0.15) is 6.92 Å². The molecule has 0 aliphatic carbocycles. The fourth-order valence-corrected chi connectivity index (χ4v) is 3.54. The largest absolute Gasteiger partial charge is 0.398 e. The van der Waals surface area contributed by atoms with Crippen LogP contribution < -0.4 is 5.73 Å². The summed E-state index contributed by atoms with van der Waals surface area (Å²) in [7, 11) is -2.04. The molecule has 90 valence electrons. The first kappa shape index (κ1) is 13.8. The standard InChI is InChI=1S/C9H12BrClN2O2S/c1-3-13(2)16(14,15)8-5-6(11)4-7(12)9(8)10/h4-5H,3,12H2,1-2H3. The molecule has 0 fully saturated rings. The topological polar surface area (TPSA) is 63.4 Å². The molecule has 0 aromatic heterocycles. The molecular formula is C9H12BrClN2O2S. The third-order valence-electron chi connectivity index (χ3n) is 2.17. The second kappa shape index (κ2) is 4.91. The van der Waals surface area contributed by atoms with Crippen LogP contribution in [0.15, 0.2) is 21.5 Å². The summed E-state index contributed by atoms with van der Waals surface area (Å²) in [6, 6.07) is 2.88. The van der Waals surface area contributed by atoms with E-state index in [2.05, 4.69) is 15.9 Å². The molecule has 0 spiro atoms. The molecule has 0 bridgehead atoms. The highest BCUT2D eigenvalue weighted by molar-refractivity contribution is 9.10. The average molecular weight is 328 g/mol. The highest BCUT2D eigenvalue weighted by Gasteiger charge is 2.23. The van der Waals surface area contributed by atoms with Crippen LogP contribution in [0.25, 0.3) is 0 Å². The van der Waals surface area contributed by atoms with E-state index in [1.807, 2.05) is 0 Å². The van der Waals surface area contributed by atoms with Gasteiger partial charge in [-0.2, -0.15) is 0 Å². The second-order valence-electron chi connectivity index (χ2n) is 3.23. The summed E-state index contributed by atoms with van der Waals surface area (Å²) in [6.07, 6.45) is 0. The normalized spacial score (nSPS) is 12.1. The van der Waals surface area contributed by atoms with Gasteiger partial charge in [0.2, 0.25) is 10.0 Å². The molecule has 1 aromatic carbocycles. The fourth-order valence-electron chi connectivity index (χ4n) is 1.11. The average Bonchev–Trinajstić information content (AvgIpc) is 2.21. The van der Waals surface area contributed by atoms with Crippen molar-refractivity contribution in [3.8, 4) is 0 Å². The van der Waals surface area contributed by atoms with Crippen LogP contribution in [-0.4, -0.2) is 26.3 Å². The predicted molar refractivity (Wildman–Crippen MR) is 69.1 cm³/mol. The maximum absolute atomic E-state index is 12.1. The van der Waals surface area contributed by atoms with Gasteiger partial charge in [0.25, 0.3) is 0 Å². The van der Waals surface area contributed by atoms with Crippen molar-refractivity contribution >= 4 is 43.2 Å². The minimum Gasteiger partial charge on any atom is -0.398 e. The number of nitrogens with zero attached hydrogens (tertiary/aromatic N) is 1. The summed E-state index contributed by atoms with van der Waals surface area (Å²) in [4.78, 5) is 0.0850. The number of hydrogen-bond donors (Lipinski definition) is 1. The van der Waals surface area contributed by atoms with Crippen LogP contribution in [0, 0.1) is 0 Å². The maximum atomic E-state index is 12.1. The Morgan fingerprint density at radius 2 is 2.06 bits per heavy atom. The summed E-state index contributed by atoms with van der Waals surface area (Å²) in [6.45, 7) is 2.13. The number of hydrogen-bond acceptors (Lipinski definition) is 3. The van der Waals surface area contributed by atoms with Gasteiger partial charge < -0.3 is 5.73 Å². The molecule has 0 atom stereocenters. The smallest absolute Gasteiger partial charge is 0.244 e. The van der Waals surface area contributed by atoms with Crippen molar-refractivity contribution < 1.29 is 8.42 Å². The molecule has 7 heteroatoms. The quantitative estimate of drug-likeness (QED) is 0.867. The van der Waals surface area contributed by atoms with Crippen LogP contribution in [-0.2, 0) is 10.0 Å². The number of nitrogens with two attached hydrogens (primary N) is 1. The number of sulfonamides is 1. The number of halogens is 2. The van der Waals surface area contributed by atoms with Crippen LogP contribution >= 0.6 is 27.5 Å². The molecule has 0 saturated carbocycles. The van der Waals surface area contributed by atoms with Crippen LogP contribution in [0.4, 0.5) is 5.69 Å². The lowest BCUT2D eigenvalue weighted by Crippen LogP contribution is -2.27. The van der Waals surface area contributed by atoms with Crippen molar-refractivity contribution in [2.24, 2.45) is 0 Å². The lowest BCUT2D eigenvalue weighted by atomic mass is 10.3. The Labute approximate surface area is 109 Å². The molecule has 0 radical (unpaired) electrons. The Morgan fingerprint density at radius 3 is 2.56 bits per heavy atom. The van der Waals surface area contributed by atoms with Crippen molar-refractivity contribution in [3.63, 3.8) is 0 Å². The third-order valence-corrected chi connectivity index (χ3v) is 5.49. The minimum atomic E-state index is -3.54. The minimum absolute atomic E-state index is 0.0850. The first-order valence-electron chi connectivity index (χ1n) is 4.51. The third kappa shape index (κ3) is 2.51. The molecule has 1 rings (SSSR count). The van der Waals surface area contributed by atoms with Crippen molar-refractivity contribution in [2.75, 3.05) is 19.3 Å². The van der Waals surface area contributed by atoms with Gasteiger partial charge >= 0.3 is 0 Å². The number of anilines is 1. The second-order valence-corrected chi connectivity index (χ2v) is 6.47. The van der Waals surface area contributed by atoms with Crippen LogP contribution in [0.5, 0.6) is 0 Å². The highest BCUT2D eigenvalue weighted by atomic mass is 79.9. The summed E-state index contributed by atoms with van der Waals surface area (Å²) in [5.74, 6) is 0. The van der Waals surface area contributed by atoms with Gasteiger partial charge in [-0.25, -0.2) is 12.7 Å². The van der Waals surface area contributed by atoms with E-state index in [1.165, 1.54) is 23.5 Å². The summed E-state index contributed by atoms with van der Waals surface area (Å²) < 4.78 is 25.7. The molecule has 0 unspecified atom stereocenters. The Bertz CT molecular complexity index is 504. The Balaban J connectivity index is 3.45. The molecule has 1 aromatic rings. The molecule has 0 heterocycles. The molecule has 16 heavy (non-hydrogen) atoms. The molecule has 4 nitrogen and oxygen atoms in total. The van der Waals surface area contributed by atoms with E-state index in [0.717, 1.165) is 0 Å². The highest BCUT2D eigenvalue weighted by Crippen LogP contribution is 2.32. The molecule has 2 N–H and O–H groups in total. The van der Waals surface area contributed by atoms with E-state index < -0.39 is 10.0 Å². The Kier molecular flexibility index (Phi) is 4.23. The Hall–Kier alpha value is -0.300. The van der Waals surface area contributed by atoms with E-state index in [4.69, 9.17) is 17.3 Å². The lowest BCUT2D eigenvalue weighted by molar-refractivity contribution is 0.486. The number of nitrogen functional groups attached to an aromatic ring is 1. The van der Waals surface area contributed by atoms with Crippen LogP contribution in [0.3, 0.4) is 0 Å². The summed E-state index contributed by atoms with van der Waals surface area (Å²) in [5.41, 5.74) is 5.95.